The number of anilines is 1. The second-order valence-electron chi connectivity index (χ2n) is 3.12. The topological polar surface area (TPSA) is 81.5 Å². The SMILES string of the molecule is COc1cc(-c2cc(N)on2)cc(Br)c1O. The van der Waals surface area contributed by atoms with Crippen molar-refractivity contribution in [1.29, 1.82) is 0 Å². The van der Waals surface area contributed by atoms with Crippen LogP contribution in [0.5, 0.6) is 11.5 Å². The zero-order valence-corrected chi connectivity index (χ0v) is 9.98. The summed E-state index contributed by atoms with van der Waals surface area (Å²) in [7, 11) is 1.47. The Morgan fingerprint density at radius 3 is 2.75 bits per heavy atom. The lowest BCUT2D eigenvalue weighted by Gasteiger charge is -2.06. The van der Waals surface area contributed by atoms with Crippen molar-refractivity contribution in [1.82, 2.24) is 5.16 Å². The molecule has 0 saturated carbocycles. The maximum absolute atomic E-state index is 9.63. The Morgan fingerprint density at radius 2 is 2.19 bits per heavy atom. The van der Waals surface area contributed by atoms with Crippen molar-refractivity contribution in [3.8, 4) is 22.8 Å². The molecule has 0 amide bonds. The number of hydrogen-bond donors (Lipinski definition) is 2. The monoisotopic (exact) mass is 284 g/mol. The van der Waals surface area contributed by atoms with E-state index in [0.29, 0.717) is 15.9 Å². The fourth-order valence-corrected chi connectivity index (χ4v) is 1.74. The number of aromatic nitrogens is 1. The molecule has 16 heavy (non-hydrogen) atoms. The van der Waals surface area contributed by atoms with Gasteiger partial charge in [-0.25, -0.2) is 0 Å². The van der Waals surface area contributed by atoms with Gasteiger partial charge in [0.2, 0.25) is 5.88 Å². The molecule has 2 aromatic rings. The zero-order chi connectivity index (χ0) is 11.7. The summed E-state index contributed by atoms with van der Waals surface area (Å²) in [5.74, 6) is 0.631. The van der Waals surface area contributed by atoms with Crippen molar-refractivity contribution in [3.63, 3.8) is 0 Å². The number of aromatic hydroxyl groups is 1. The molecular weight excluding hydrogens is 276 g/mol. The van der Waals surface area contributed by atoms with Gasteiger partial charge in [0.15, 0.2) is 11.5 Å². The molecular formula is C10H9BrN2O3. The number of rotatable bonds is 2. The number of nitrogen functional groups attached to an aromatic ring is 1. The molecule has 1 aromatic heterocycles. The van der Waals surface area contributed by atoms with Crippen molar-refractivity contribution in [3.05, 3.63) is 22.7 Å². The maximum atomic E-state index is 9.63. The molecule has 0 atom stereocenters. The van der Waals surface area contributed by atoms with Crippen LogP contribution in [0.25, 0.3) is 11.3 Å². The number of nitrogens with two attached hydrogens (primary N) is 1. The van der Waals surface area contributed by atoms with E-state index in [1.54, 1.807) is 18.2 Å². The Morgan fingerprint density at radius 1 is 1.44 bits per heavy atom. The molecule has 2 rings (SSSR count). The largest absolute Gasteiger partial charge is 0.503 e. The second kappa shape index (κ2) is 4.05. The number of phenolic OH excluding ortho intramolecular Hbond substituents is 1. The molecule has 0 radical (unpaired) electrons. The van der Waals surface area contributed by atoms with Gasteiger partial charge in [0.05, 0.1) is 11.6 Å². The van der Waals surface area contributed by atoms with Gasteiger partial charge in [-0.15, -0.1) is 0 Å². The van der Waals surface area contributed by atoms with E-state index in [-0.39, 0.29) is 11.6 Å². The third kappa shape index (κ3) is 1.83. The second-order valence-corrected chi connectivity index (χ2v) is 3.98. The molecule has 0 bridgehead atoms. The van der Waals surface area contributed by atoms with Crippen molar-refractivity contribution in [2.24, 2.45) is 0 Å². The van der Waals surface area contributed by atoms with Crippen molar-refractivity contribution in [2.75, 3.05) is 12.8 Å². The van der Waals surface area contributed by atoms with Gasteiger partial charge < -0.3 is 20.1 Å². The molecule has 5 nitrogen and oxygen atoms in total. The van der Waals surface area contributed by atoms with Crippen LogP contribution in [0.1, 0.15) is 0 Å². The molecule has 0 aliphatic rings. The molecule has 3 N–H and O–H groups in total. The molecule has 84 valence electrons. The third-order valence-corrected chi connectivity index (χ3v) is 2.68. The standard InChI is InChI=1S/C10H9BrN2O3/c1-15-8-3-5(2-6(11)10(8)14)7-4-9(12)16-13-7/h2-4,14H,12H2,1H3. The number of benzene rings is 1. The van der Waals surface area contributed by atoms with E-state index >= 15 is 0 Å². The van der Waals surface area contributed by atoms with Gasteiger partial charge in [-0.05, 0) is 28.1 Å². The number of methoxy groups -OCH3 is 1. The van der Waals surface area contributed by atoms with Crippen molar-refractivity contribution < 1.29 is 14.4 Å². The first kappa shape index (κ1) is 10.8. The molecule has 1 heterocycles. The molecule has 0 aliphatic heterocycles. The number of hydrogen-bond acceptors (Lipinski definition) is 5. The lowest BCUT2D eigenvalue weighted by Crippen LogP contribution is -1.86. The minimum Gasteiger partial charge on any atom is -0.503 e. The van der Waals surface area contributed by atoms with E-state index in [1.165, 1.54) is 7.11 Å². The number of nitrogens with zero attached hydrogens (tertiary/aromatic N) is 1. The lowest BCUT2D eigenvalue weighted by molar-refractivity contribution is 0.372. The van der Waals surface area contributed by atoms with E-state index in [1.807, 2.05) is 0 Å². The van der Waals surface area contributed by atoms with Crippen LogP contribution < -0.4 is 10.5 Å². The first-order valence-electron chi connectivity index (χ1n) is 4.41. The number of halogens is 1. The van der Waals surface area contributed by atoms with E-state index in [0.717, 1.165) is 5.56 Å². The highest BCUT2D eigenvalue weighted by molar-refractivity contribution is 9.10. The minimum atomic E-state index is 0.0442. The Kier molecular flexibility index (Phi) is 2.74. The molecule has 1 aromatic carbocycles. The van der Waals surface area contributed by atoms with Crippen molar-refractivity contribution in [2.45, 2.75) is 0 Å². The third-order valence-electron chi connectivity index (χ3n) is 2.07. The summed E-state index contributed by atoms with van der Waals surface area (Å²) in [5, 5.41) is 13.4. The highest BCUT2D eigenvalue weighted by Gasteiger charge is 2.12. The first-order valence-corrected chi connectivity index (χ1v) is 5.20. The summed E-state index contributed by atoms with van der Waals surface area (Å²) >= 11 is 3.22. The molecule has 0 spiro atoms. The average molecular weight is 285 g/mol. The summed E-state index contributed by atoms with van der Waals surface area (Å²) in [6.45, 7) is 0. The van der Waals surface area contributed by atoms with Gasteiger partial charge >= 0.3 is 0 Å². The number of ether oxygens (including phenoxy) is 1. The highest BCUT2D eigenvalue weighted by atomic mass is 79.9. The predicted molar refractivity (Wildman–Crippen MR) is 62.3 cm³/mol. The molecule has 0 aliphatic carbocycles. The lowest BCUT2D eigenvalue weighted by atomic mass is 10.1. The average Bonchev–Trinajstić information content (AvgIpc) is 2.69. The highest BCUT2D eigenvalue weighted by Crippen LogP contribution is 2.38. The number of phenols is 1. The van der Waals surface area contributed by atoms with Gasteiger partial charge in [-0.3, -0.25) is 0 Å². The van der Waals surface area contributed by atoms with Crippen LogP contribution in [0.4, 0.5) is 5.88 Å². The quantitative estimate of drug-likeness (QED) is 0.885. The van der Waals surface area contributed by atoms with E-state index in [2.05, 4.69) is 21.1 Å². The Balaban J connectivity index is 2.54. The predicted octanol–water partition coefficient (Wildman–Crippen LogP) is 2.40. The van der Waals surface area contributed by atoms with E-state index in [9.17, 15) is 5.11 Å². The summed E-state index contributed by atoms with van der Waals surface area (Å²) in [5.41, 5.74) is 6.75. The fraction of sp³-hybridized carbons (Fsp3) is 0.100. The van der Waals surface area contributed by atoms with Crippen LogP contribution in [0.2, 0.25) is 0 Å². The van der Waals surface area contributed by atoms with Gasteiger partial charge in [0.25, 0.3) is 0 Å². The van der Waals surface area contributed by atoms with Gasteiger partial charge in [-0.2, -0.15) is 0 Å². The smallest absolute Gasteiger partial charge is 0.222 e. The Bertz CT molecular complexity index is 525. The maximum Gasteiger partial charge on any atom is 0.222 e. The van der Waals surface area contributed by atoms with Gasteiger partial charge in [0, 0.05) is 11.6 Å². The van der Waals surface area contributed by atoms with E-state index in [4.69, 9.17) is 15.0 Å². The van der Waals surface area contributed by atoms with Crippen LogP contribution in [-0.4, -0.2) is 17.4 Å². The van der Waals surface area contributed by atoms with Crippen LogP contribution in [0.15, 0.2) is 27.2 Å². The minimum absolute atomic E-state index is 0.0442. The summed E-state index contributed by atoms with van der Waals surface area (Å²) < 4.78 is 10.3. The van der Waals surface area contributed by atoms with Crippen LogP contribution in [0, 0.1) is 0 Å². The Labute approximate surface area is 99.9 Å². The summed E-state index contributed by atoms with van der Waals surface area (Å²) in [6.07, 6.45) is 0. The molecule has 6 heteroatoms. The molecule has 0 fully saturated rings. The van der Waals surface area contributed by atoms with Crippen LogP contribution in [0.3, 0.4) is 0 Å². The summed E-state index contributed by atoms with van der Waals surface area (Å²) in [4.78, 5) is 0. The molecule has 0 saturated heterocycles. The zero-order valence-electron chi connectivity index (χ0n) is 8.40. The van der Waals surface area contributed by atoms with Gasteiger partial charge in [0.1, 0.15) is 5.69 Å². The van der Waals surface area contributed by atoms with E-state index < -0.39 is 0 Å². The fourth-order valence-electron chi connectivity index (χ4n) is 1.30. The van der Waals surface area contributed by atoms with Gasteiger partial charge in [-0.1, -0.05) is 5.16 Å². The van der Waals surface area contributed by atoms with Crippen LogP contribution in [-0.2, 0) is 0 Å². The summed E-state index contributed by atoms with van der Waals surface area (Å²) in [6, 6.07) is 4.95. The molecule has 0 unspecified atom stereocenters. The first-order chi connectivity index (χ1) is 7.61. The van der Waals surface area contributed by atoms with Crippen molar-refractivity contribution >= 4 is 21.8 Å². The Hall–Kier alpha value is -1.69. The van der Waals surface area contributed by atoms with Crippen LogP contribution >= 0.6 is 15.9 Å². The normalized spacial score (nSPS) is 10.4.